The van der Waals surface area contributed by atoms with Crippen molar-refractivity contribution in [2.45, 2.75) is 31.8 Å². The molecule has 1 amide bonds. The van der Waals surface area contributed by atoms with E-state index >= 15 is 4.39 Å². The second kappa shape index (κ2) is 11.1. The Kier molecular flexibility index (Phi) is 7.19. The van der Waals surface area contributed by atoms with Crippen molar-refractivity contribution in [1.82, 2.24) is 24.3 Å². The lowest BCUT2D eigenvalue weighted by Gasteiger charge is -2.14. The molecule has 1 fully saturated rings. The summed E-state index contributed by atoms with van der Waals surface area (Å²) in [6.07, 6.45) is 4.07. The molecule has 12 nitrogen and oxygen atoms in total. The van der Waals surface area contributed by atoms with E-state index in [-0.39, 0.29) is 47.1 Å². The van der Waals surface area contributed by atoms with Gasteiger partial charge < -0.3 is 20.5 Å². The lowest BCUT2D eigenvalue weighted by molar-refractivity contribution is 0.102. The number of aromatic amines is 1. The maximum absolute atomic E-state index is 15.2. The van der Waals surface area contributed by atoms with Crippen molar-refractivity contribution in [3.63, 3.8) is 0 Å². The molecule has 0 spiro atoms. The molecule has 1 unspecified atom stereocenters. The number of aliphatic hydroxyl groups is 1. The summed E-state index contributed by atoms with van der Waals surface area (Å²) in [7, 11) is 0. The number of aromatic nitrogens is 5. The van der Waals surface area contributed by atoms with E-state index in [1.165, 1.54) is 47.3 Å². The summed E-state index contributed by atoms with van der Waals surface area (Å²) in [6, 6.07) is 9.55. The number of anilines is 2. The summed E-state index contributed by atoms with van der Waals surface area (Å²) in [5.74, 6) is -1.76. The number of pyridine rings is 1. The molecule has 0 radical (unpaired) electrons. The van der Waals surface area contributed by atoms with Crippen molar-refractivity contribution in [2.75, 3.05) is 17.2 Å². The van der Waals surface area contributed by atoms with Crippen LogP contribution in [0, 0.1) is 11.6 Å². The van der Waals surface area contributed by atoms with E-state index in [1.807, 2.05) is 0 Å². The average molecular weight is 590 g/mol. The smallest absolute Gasteiger partial charge is 0.335 e. The third kappa shape index (κ3) is 5.47. The number of carbonyl (C=O) groups excluding carboxylic acids is 1. The summed E-state index contributed by atoms with van der Waals surface area (Å²) >= 11 is 0. The first-order chi connectivity index (χ1) is 20.7. The van der Waals surface area contributed by atoms with E-state index in [0.29, 0.717) is 29.7 Å². The second-order valence-electron chi connectivity index (χ2n) is 10.1. The first kappa shape index (κ1) is 27.8. The number of amides is 1. The highest BCUT2D eigenvalue weighted by molar-refractivity contribution is 6.04. The highest BCUT2D eigenvalue weighted by atomic mass is 19.1. The van der Waals surface area contributed by atoms with E-state index < -0.39 is 28.8 Å². The molecule has 1 aliphatic rings. The highest BCUT2D eigenvalue weighted by Gasteiger charge is 2.29. The van der Waals surface area contributed by atoms with Gasteiger partial charge >= 0.3 is 5.69 Å². The number of fused-ring (bicyclic) bond motifs is 1. The van der Waals surface area contributed by atoms with Crippen molar-refractivity contribution >= 4 is 28.4 Å². The Morgan fingerprint density at radius 1 is 1.14 bits per heavy atom. The van der Waals surface area contributed by atoms with Crippen LogP contribution in [0.3, 0.4) is 0 Å². The lowest BCUT2D eigenvalue weighted by atomic mass is 10.2. The number of hydrogen-bond donors (Lipinski definition) is 4. The molecule has 6 rings (SSSR count). The maximum atomic E-state index is 15.2. The predicted octanol–water partition coefficient (Wildman–Crippen LogP) is 3.72. The zero-order valence-corrected chi connectivity index (χ0v) is 22.7. The van der Waals surface area contributed by atoms with Crippen molar-refractivity contribution in [3.8, 4) is 17.2 Å². The molecule has 5 aromatic rings. The summed E-state index contributed by atoms with van der Waals surface area (Å²) in [4.78, 5) is 43.8. The average Bonchev–Trinajstić information content (AvgIpc) is 3.75. The maximum Gasteiger partial charge on any atom is 0.335 e. The Hall–Kier alpha value is -5.37. The minimum absolute atomic E-state index is 0.0362. The normalized spacial score (nSPS) is 13.6. The van der Waals surface area contributed by atoms with Crippen molar-refractivity contribution in [1.29, 1.82) is 0 Å². The molecule has 220 valence electrons. The van der Waals surface area contributed by atoms with Gasteiger partial charge in [0, 0.05) is 42.3 Å². The van der Waals surface area contributed by atoms with Crippen molar-refractivity contribution in [2.24, 2.45) is 0 Å². The Morgan fingerprint density at radius 3 is 2.60 bits per heavy atom. The van der Waals surface area contributed by atoms with E-state index in [2.05, 4.69) is 25.8 Å². The predicted molar refractivity (Wildman–Crippen MR) is 153 cm³/mol. The molecule has 1 saturated carbocycles. The molecule has 1 aliphatic carbocycles. The number of hydrogen-bond acceptors (Lipinski definition) is 8. The molecule has 0 bridgehead atoms. The molecular weight excluding hydrogens is 564 g/mol. The van der Waals surface area contributed by atoms with Crippen LogP contribution in [0.5, 0.6) is 11.5 Å². The van der Waals surface area contributed by atoms with Gasteiger partial charge in [0.15, 0.2) is 23.0 Å². The van der Waals surface area contributed by atoms with Crippen LogP contribution in [0.1, 0.15) is 36.2 Å². The Balaban J connectivity index is 1.28. The third-order valence-electron chi connectivity index (χ3n) is 6.87. The topological polar surface area (TPSA) is 156 Å². The Labute approximate surface area is 241 Å². The summed E-state index contributed by atoms with van der Waals surface area (Å²) in [5.41, 5.74) is -1.35. The fraction of sp³-hybridized carbons (Fsp3) is 0.207. The molecule has 4 N–H and O–H groups in total. The monoisotopic (exact) mass is 589 g/mol. The van der Waals surface area contributed by atoms with E-state index in [1.54, 1.807) is 6.92 Å². The van der Waals surface area contributed by atoms with Gasteiger partial charge in [-0.15, -0.1) is 0 Å². The standard InChI is InChI=1S/C29H25F2N7O5/c1-15(14-39)33-26-24-23(10-11-32-25(24)35-36-26)43-22-9-4-17(12-21(22)31)34-27(40)20-13-37(18-7-8-18)29(42)38(28(20)41)19-5-2-16(30)3-6-19/h2-6,9-13,15,18,39H,7-8,14H2,1H3,(H,34,40)(H2,32,33,35,36). The molecule has 0 saturated heterocycles. The molecule has 43 heavy (non-hydrogen) atoms. The van der Waals surface area contributed by atoms with E-state index in [0.717, 1.165) is 22.8 Å². The number of aliphatic hydroxyl groups excluding tert-OH is 1. The number of ether oxygens (including phenoxy) is 1. The van der Waals surface area contributed by atoms with Gasteiger partial charge in [-0.1, -0.05) is 0 Å². The lowest BCUT2D eigenvalue weighted by Crippen LogP contribution is -2.42. The molecule has 14 heteroatoms. The fourth-order valence-corrected chi connectivity index (χ4v) is 4.53. The first-order valence-corrected chi connectivity index (χ1v) is 13.4. The minimum atomic E-state index is -0.895. The molecule has 2 aromatic carbocycles. The number of carbonyl (C=O) groups is 1. The van der Waals surface area contributed by atoms with Gasteiger partial charge in [-0.2, -0.15) is 5.10 Å². The quantitative estimate of drug-likeness (QED) is 0.203. The zero-order chi connectivity index (χ0) is 30.2. The number of H-pyrrole nitrogens is 1. The number of benzene rings is 2. The van der Waals surface area contributed by atoms with Crippen LogP contribution in [0.4, 0.5) is 20.3 Å². The number of nitrogens with zero attached hydrogens (tertiary/aromatic N) is 4. The van der Waals surface area contributed by atoms with Crippen LogP contribution in [-0.2, 0) is 0 Å². The molecule has 3 heterocycles. The van der Waals surface area contributed by atoms with Crippen LogP contribution in [-0.4, -0.2) is 48.0 Å². The summed E-state index contributed by atoms with van der Waals surface area (Å²) in [6.45, 7) is 1.61. The van der Waals surface area contributed by atoms with Gasteiger partial charge in [-0.3, -0.25) is 19.3 Å². The molecule has 0 aliphatic heterocycles. The van der Waals surface area contributed by atoms with Gasteiger partial charge in [0.25, 0.3) is 11.5 Å². The minimum Gasteiger partial charge on any atom is -0.453 e. The van der Waals surface area contributed by atoms with Crippen LogP contribution >= 0.6 is 0 Å². The van der Waals surface area contributed by atoms with E-state index in [9.17, 15) is 23.9 Å². The van der Waals surface area contributed by atoms with Crippen LogP contribution in [0.2, 0.25) is 0 Å². The highest BCUT2D eigenvalue weighted by Crippen LogP contribution is 2.35. The Morgan fingerprint density at radius 2 is 1.91 bits per heavy atom. The third-order valence-corrected chi connectivity index (χ3v) is 6.87. The van der Waals surface area contributed by atoms with Gasteiger partial charge in [-0.05, 0) is 56.2 Å². The SMILES string of the molecule is CC(CO)Nc1n[nH]c2nccc(Oc3ccc(NC(=O)c4cn(C5CC5)c(=O)n(-c5ccc(F)cc5)c4=O)cc3F)c12. The van der Waals surface area contributed by atoms with Gasteiger partial charge in [0.05, 0.1) is 12.3 Å². The van der Waals surface area contributed by atoms with Gasteiger partial charge in [0.2, 0.25) is 0 Å². The molecular formula is C29H25F2N7O5. The molecule has 1 atom stereocenters. The van der Waals surface area contributed by atoms with Crippen LogP contribution in [0.25, 0.3) is 16.7 Å². The fourth-order valence-electron chi connectivity index (χ4n) is 4.53. The first-order valence-electron chi connectivity index (χ1n) is 13.4. The number of halogens is 2. The summed E-state index contributed by atoms with van der Waals surface area (Å²) in [5, 5.41) is 22.3. The van der Waals surface area contributed by atoms with Crippen LogP contribution in [0.15, 0.2) is 70.5 Å². The van der Waals surface area contributed by atoms with E-state index in [4.69, 9.17) is 4.74 Å². The largest absolute Gasteiger partial charge is 0.453 e. The molecule has 3 aromatic heterocycles. The number of rotatable bonds is 9. The van der Waals surface area contributed by atoms with Crippen molar-refractivity contribution in [3.05, 3.63) is 99.0 Å². The summed E-state index contributed by atoms with van der Waals surface area (Å²) < 4.78 is 36.7. The number of nitrogens with one attached hydrogen (secondary N) is 3. The Bertz CT molecular complexity index is 1970. The second-order valence-corrected chi connectivity index (χ2v) is 10.1. The van der Waals surface area contributed by atoms with Gasteiger partial charge in [0.1, 0.15) is 22.5 Å². The van der Waals surface area contributed by atoms with Gasteiger partial charge in [-0.25, -0.2) is 23.1 Å². The van der Waals surface area contributed by atoms with Crippen molar-refractivity contribution < 1.29 is 23.4 Å². The van der Waals surface area contributed by atoms with Crippen LogP contribution < -0.4 is 26.6 Å². The zero-order valence-electron chi connectivity index (χ0n) is 22.7.